The van der Waals surface area contributed by atoms with Crippen molar-refractivity contribution in [2.24, 2.45) is 5.92 Å². The average Bonchev–Trinajstić information content (AvgIpc) is 2.89. The lowest BCUT2D eigenvalue weighted by Crippen LogP contribution is -2.54. The Kier molecular flexibility index (Phi) is 10.4. The minimum atomic E-state index is -0.732. The molecule has 2 aromatic carbocycles. The molecule has 0 spiro atoms. The first kappa shape index (κ1) is 27.3. The van der Waals surface area contributed by atoms with E-state index in [0.717, 1.165) is 0 Å². The van der Waals surface area contributed by atoms with E-state index in [1.807, 2.05) is 0 Å². The van der Waals surface area contributed by atoms with Gasteiger partial charge in [0.05, 0.1) is 7.11 Å². The molecular formula is C26H33ClN4O5. The van der Waals surface area contributed by atoms with Crippen LogP contribution in [-0.2, 0) is 9.53 Å². The lowest BCUT2D eigenvalue weighted by atomic mass is 9.88. The molecule has 0 saturated carbocycles. The Morgan fingerprint density at radius 3 is 2.53 bits per heavy atom. The van der Waals surface area contributed by atoms with Gasteiger partial charge in [0.15, 0.2) is 0 Å². The molecule has 0 bridgehead atoms. The summed E-state index contributed by atoms with van der Waals surface area (Å²) in [5.74, 6) is -0.171. The molecule has 3 rings (SSSR count). The minimum Gasteiger partial charge on any atom is -0.497 e. The molecule has 1 saturated heterocycles. The van der Waals surface area contributed by atoms with Gasteiger partial charge in [-0.2, -0.15) is 0 Å². The molecule has 36 heavy (non-hydrogen) atoms. The van der Waals surface area contributed by atoms with Gasteiger partial charge >= 0.3 is 6.03 Å². The Morgan fingerprint density at radius 1 is 1.08 bits per heavy atom. The van der Waals surface area contributed by atoms with Crippen LogP contribution in [0.2, 0.25) is 5.02 Å². The Balaban J connectivity index is 1.64. The third-order valence-corrected chi connectivity index (χ3v) is 6.33. The van der Waals surface area contributed by atoms with Crippen LogP contribution >= 0.6 is 11.6 Å². The Labute approximate surface area is 216 Å². The van der Waals surface area contributed by atoms with Gasteiger partial charge in [0, 0.05) is 49.6 Å². The number of rotatable bonds is 10. The van der Waals surface area contributed by atoms with Crippen molar-refractivity contribution in [2.75, 3.05) is 45.8 Å². The van der Waals surface area contributed by atoms with E-state index in [1.165, 1.54) is 7.11 Å². The summed E-state index contributed by atoms with van der Waals surface area (Å²) in [6, 6.07) is 12.8. The molecular weight excluding hydrogens is 484 g/mol. The van der Waals surface area contributed by atoms with Crippen LogP contribution in [-0.4, -0.2) is 69.2 Å². The van der Waals surface area contributed by atoms with Gasteiger partial charge in [0.1, 0.15) is 11.8 Å². The monoisotopic (exact) mass is 516 g/mol. The van der Waals surface area contributed by atoms with E-state index in [4.69, 9.17) is 21.1 Å². The largest absolute Gasteiger partial charge is 0.497 e. The van der Waals surface area contributed by atoms with Gasteiger partial charge in [-0.3, -0.25) is 9.59 Å². The molecule has 3 N–H and O–H groups in total. The molecule has 4 amide bonds. The normalized spacial score (nSPS) is 14.6. The van der Waals surface area contributed by atoms with Gasteiger partial charge in [-0.1, -0.05) is 23.7 Å². The number of ether oxygens (including phenoxy) is 2. The fourth-order valence-corrected chi connectivity index (χ4v) is 4.32. The molecule has 1 aliphatic rings. The molecule has 0 unspecified atom stereocenters. The highest BCUT2D eigenvalue weighted by Crippen LogP contribution is 2.23. The van der Waals surface area contributed by atoms with Crippen LogP contribution in [0.1, 0.15) is 29.6 Å². The first-order valence-corrected chi connectivity index (χ1v) is 12.3. The highest BCUT2D eigenvalue weighted by molar-refractivity contribution is 6.30. The number of anilines is 1. The topological polar surface area (TPSA) is 109 Å². The second-order valence-corrected chi connectivity index (χ2v) is 9.02. The molecule has 0 radical (unpaired) electrons. The number of urea groups is 1. The molecule has 2 aromatic rings. The van der Waals surface area contributed by atoms with E-state index >= 15 is 0 Å². The maximum absolute atomic E-state index is 13.1. The number of nitrogens with one attached hydrogen (secondary N) is 3. The summed E-state index contributed by atoms with van der Waals surface area (Å²) in [7, 11) is 3.14. The van der Waals surface area contributed by atoms with Gasteiger partial charge in [0.2, 0.25) is 5.91 Å². The molecule has 1 heterocycles. The quantitative estimate of drug-likeness (QED) is 0.418. The number of carbonyl (C=O) groups is 3. The molecule has 0 aromatic heterocycles. The zero-order valence-electron chi connectivity index (χ0n) is 20.6. The number of hydrogen-bond acceptors (Lipinski definition) is 5. The van der Waals surface area contributed by atoms with E-state index in [-0.39, 0.29) is 23.8 Å². The summed E-state index contributed by atoms with van der Waals surface area (Å²) in [5.41, 5.74) is 1.03. The number of hydrogen-bond donors (Lipinski definition) is 3. The van der Waals surface area contributed by atoms with Crippen LogP contribution in [0, 0.1) is 5.92 Å². The summed E-state index contributed by atoms with van der Waals surface area (Å²) in [5, 5.41) is 9.21. The number of piperidine rings is 1. The summed E-state index contributed by atoms with van der Waals surface area (Å²) in [4.78, 5) is 40.5. The molecule has 1 atom stereocenters. The molecule has 0 aliphatic carbocycles. The van der Waals surface area contributed by atoms with Crippen molar-refractivity contribution in [1.29, 1.82) is 0 Å². The number of carbonyl (C=O) groups excluding carboxylic acids is 3. The van der Waals surface area contributed by atoms with Crippen molar-refractivity contribution in [3.8, 4) is 5.75 Å². The number of benzene rings is 2. The first-order chi connectivity index (χ1) is 17.4. The zero-order valence-corrected chi connectivity index (χ0v) is 21.3. The van der Waals surface area contributed by atoms with Crippen molar-refractivity contribution in [3.05, 3.63) is 59.1 Å². The van der Waals surface area contributed by atoms with Gasteiger partial charge in [0.25, 0.3) is 5.91 Å². The predicted octanol–water partition coefficient (Wildman–Crippen LogP) is 3.54. The van der Waals surface area contributed by atoms with Gasteiger partial charge in [-0.15, -0.1) is 0 Å². The maximum Gasteiger partial charge on any atom is 0.321 e. The lowest BCUT2D eigenvalue weighted by Gasteiger charge is -2.35. The van der Waals surface area contributed by atoms with E-state index in [9.17, 15) is 14.4 Å². The van der Waals surface area contributed by atoms with Gasteiger partial charge in [-0.25, -0.2) is 4.79 Å². The summed E-state index contributed by atoms with van der Waals surface area (Å²) >= 11 is 6.00. The van der Waals surface area contributed by atoms with E-state index in [0.29, 0.717) is 67.5 Å². The van der Waals surface area contributed by atoms with Crippen LogP contribution in [0.25, 0.3) is 0 Å². The number of halogens is 1. The Morgan fingerprint density at radius 2 is 1.83 bits per heavy atom. The van der Waals surface area contributed by atoms with Crippen molar-refractivity contribution in [2.45, 2.75) is 25.3 Å². The predicted molar refractivity (Wildman–Crippen MR) is 139 cm³/mol. The fraction of sp³-hybridized carbons (Fsp3) is 0.423. The van der Waals surface area contributed by atoms with Crippen LogP contribution in [0.4, 0.5) is 10.5 Å². The van der Waals surface area contributed by atoms with Crippen LogP contribution in [0.15, 0.2) is 48.5 Å². The highest BCUT2D eigenvalue weighted by Gasteiger charge is 2.34. The fourth-order valence-electron chi connectivity index (χ4n) is 4.13. The van der Waals surface area contributed by atoms with Crippen molar-refractivity contribution in [1.82, 2.24) is 15.5 Å². The van der Waals surface area contributed by atoms with Crippen LogP contribution in [0.5, 0.6) is 5.75 Å². The molecule has 9 nitrogen and oxygen atoms in total. The summed E-state index contributed by atoms with van der Waals surface area (Å²) in [6.07, 6.45) is 1.80. The summed E-state index contributed by atoms with van der Waals surface area (Å²) < 4.78 is 10.3. The zero-order chi connectivity index (χ0) is 25.9. The van der Waals surface area contributed by atoms with Crippen LogP contribution < -0.4 is 20.7 Å². The number of methoxy groups -OCH3 is 2. The molecule has 1 fully saturated rings. The summed E-state index contributed by atoms with van der Waals surface area (Å²) in [6.45, 7) is 1.89. The lowest BCUT2D eigenvalue weighted by molar-refractivity contribution is -0.124. The van der Waals surface area contributed by atoms with Crippen molar-refractivity contribution >= 4 is 35.1 Å². The first-order valence-electron chi connectivity index (χ1n) is 11.9. The van der Waals surface area contributed by atoms with Gasteiger partial charge < -0.3 is 30.3 Å². The standard InChI is InChI=1S/C26H33ClN4O5/c1-35-15-5-12-28-25(33)23(30-24(32)19-6-3-9-22(16-19)36-2)18-10-13-31(14-11-18)26(34)29-21-8-4-7-20(27)17-21/h3-4,6-9,16-18,23H,5,10-15H2,1-2H3,(H,28,33)(H,29,34)(H,30,32)/t23-/m0/s1. The van der Waals surface area contributed by atoms with Crippen molar-refractivity contribution in [3.63, 3.8) is 0 Å². The minimum absolute atomic E-state index is 0.128. The molecule has 10 heteroatoms. The third-order valence-electron chi connectivity index (χ3n) is 6.10. The van der Waals surface area contributed by atoms with Gasteiger partial charge in [-0.05, 0) is 61.6 Å². The van der Waals surface area contributed by atoms with E-state index in [1.54, 1.807) is 60.5 Å². The number of amides is 4. The Bertz CT molecular complexity index is 1040. The Hall–Kier alpha value is -3.30. The average molecular weight is 517 g/mol. The molecule has 194 valence electrons. The third kappa shape index (κ3) is 7.86. The van der Waals surface area contributed by atoms with E-state index in [2.05, 4.69) is 16.0 Å². The van der Waals surface area contributed by atoms with Crippen molar-refractivity contribution < 1.29 is 23.9 Å². The maximum atomic E-state index is 13.1. The second kappa shape index (κ2) is 13.7. The van der Waals surface area contributed by atoms with Crippen LogP contribution in [0.3, 0.4) is 0 Å². The SMILES string of the molecule is COCCCNC(=O)[C@@H](NC(=O)c1cccc(OC)c1)C1CCN(C(=O)Nc2cccc(Cl)c2)CC1. The van der Waals surface area contributed by atoms with E-state index < -0.39 is 6.04 Å². The second-order valence-electron chi connectivity index (χ2n) is 8.59. The smallest absolute Gasteiger partial charge is 0.321 e. The highest BCUT2D eigenvalue weighted by atomic mass is 35.5. The number of likely N-dealkylation sites (tertiary alicyclic amines) is 1. The molecule has 1 aliphatic heterocycles. The number of nitrogens with zero attached hydrogens (tertiary/aromatic N) is 1.